The normalized spacial score (nSPS) is 22.4. The third-order valence-electron chi connectivity index (χ3n) is 5.30. The Hall–Kier alpha value is -1.81. The molecule has 130 valence electrons. The molecule has 0 spiro atoms. The molecule has 3 rings (SSSR count). The van der Waals surface area contributed by atoms with Crippen LogP contribution in [0.1, 0.15) is 37.7 Å². The van der Waals surface area contributed by atoms with Gasteiger partial charge in [0.1, 0.15) is 0 Å². The maximum absolute atomic E-state index is 11.3. The van der Waals surface area contributed by atoms with Crippen molar-refractivity contribution >= 4 is 11.6 Å². The van der Waals surface area contributed by atoms with E-state index in [-0.39, 0.29) is 11.8 Å². The van der Waals surface area contributed by atoms with Gasteiger partial charge in [-0.2, -0.15) is 0 Å². The van der Waals surface area contributed by atoms with E-state index in [0.717, 1.165) is 44.9 Å². The Labute approximate surface area is 145 Å². The van der Waals surface area contributed by atoms with Crippen LogP contribution in [-0.4, -0.2) is 30.4 Å². The van der Waals surface area contributed by atoms with E-state index >= 15 is 0 Å². The van der Waals surface area contributed by atoms with Gasteiger partial charge in [-0.3, -0.25) is 9.69 Å². The van der Waals surface area contributed by atoms with Crippen LogP contribution in [0.3, 0.4) is 0 Å². The highest BCUT2D eigenvalue weighted by Gasteiger charge is 2.22. The molecule has 3 N–H and O–H groups in total. The highest BCUT2D eigenvalue weighted by Crippen LogP contribution is 2.21. The van der Waals surface area contributed by atoms with Crippen molar-refractivity contribution in [3.63, 3.8) is 0 Å². The minimum absolute atomic E-state index is 0.0683. The molecule has 1 aliphatic heterocycles. The zero-order valence-corrected chi connectivity index (χ0v) is 14.4. The third-order valence-corrected chi connectivity index (χ3v) is 5.30. The van der Waals surface area contributed by atoms with Crippen LogP contribution >= 0.6 is 0 Å². The van der Waals surface area contributed by atoms with Gasteiger partial charge in [-0.05, 0) is 68.8 Å². The van der Waals surface area contributed by atoms with Crippen molar-refractivity contribution in [1.29, 1.82) is 0 Å². The minimum atomic E-state index is -0.140. The molecule has 1 fully saturated rings. The monoisotopic (exact) mass is 327 g/mol. The number of allylic oxidation sites excluding steroid dienone is 2. The number of primary amides is 1. The van der Waals surface area contributed by atoms with Crippen molar-refractivity contribution in [1.82, 2.24) is 4.90 Å². The van der Waals surface area contributed by atoms with Gasteiger partial charge >= 0.3 is 0 Å². The van der Waals surface area contributed by atoms with Crippen LogP contribution in [0.25, 0.3) is 0 Å². The topological polar surface area (TPSA) is 58.4 Å². The van der Waals surface area contributed by atoms with Gasteiger partial charge < -0.3 is 11.1 Å². The first-order valence-corrected chi connectivity index (χ1v) is 9.20. The second-order valence-corrected chi connectivity index (χ2v) is 7.18. The van der Waals surface area contributed by atoms with Gasteiger partial charge in [0.25, 0.3) is 0 Å². The van der Waals surface area contributed by atoms with Crippen LogP contribution in [-0.2, 0) is 11.3 Å². The first-order valence-electron chi connectivity index (χ1n) is 9.20. The van der Waals surface area contributed by atoms with Crippen molar-refractivity contribution in [2.24, 2.45) is 17.6 Å². The van der Waals surface area contributed by atoms with E-state index in [9.17, 15) is 4.79 Å². The summed E-state index contributed by atoms with van der Waals surface area (Å²) in [5, 5.41) is 3.60. The number of carbonyl (C=O) groups excluding carboxylic acids is 1. The van der Waals surface area contributed by atoms with Gasteiger partial charge in [-0.25, -0.2) is 0 Å². The molecule has 1 heterocycles. The molecule has 0 bridgehead atoms. The summed E-state index contributed by atoms with van der Waals surface area (Å²) in [6, 6.07) is 8.74. The summed E-state index contributed by atoms with van der Waals surface area (Å²) in [4.78, 5) is 13.7. The Kier molecular flexibility index (Phi) is 5.91. The van der Waals surface area contributed by atoms with E-state index in [0.29, 0.717) is 0 Å². The Morgan fingerprint density at radius 1 is 1.21 bits per heavy atom. The fraction of sp³-hybridized carbons (Fsp3) is 0.550. The SMILES string of the molecule is NC(=O)C1CCN(Cc2cccc(NCC3CC=CCC3)c2)CC1. The molecule has 0 aromatic heterocycles. The molecule has 1 amide bonds. The Bertz CT molecular complexity index is 576. The van der Waals surface area contributed by atoms with E-state index in [1.807, 2.05) is 0 Å². The quantitative estimate of drug-likeness (QED) is 0.789. The number of hydrogen-bond donors (Lipinski definition) is 2. The van der Waals surface area contributed by atoms with Gasteiger partial charge in [0.2, 0.25) is 5.91 Å². The van der Waals surface area contributed by atoms with Crippen molar-refractivity contribution < 1.29 is 4.79 Å². The van der Waals surface area contributed by atoms with Gasteiger partial charge in [-0.15, -0.1) is 0 Å². The largest absolute Gasteiger partial charge is 0.385 e. The Balaban J connectivity index is 1.48. The zero-order valence-electron chi connectivity index (χ0n) is 14.4. The van der Waals surface area contributed by atoms with Gasteiger partial charge in [0, 0.05) is 24.7 Å². The number of rotatable bonds is 6. The molecule has 1 saturated heterocycles. The predicted molar refractivity (Wildman–Crippen MR) is 98.6 cm³/mol. The zero-order chi connectivity index (χ0) is 16.8. The van der Waals surface area contributed by atoms with E-state index in [1.165, 1.54) is 30.5 Å². The van der Waals surface area contributed by atoms with Crippen molar-refractivity contribution in [2.45, 2.75) is 38.6 Å². The van der Waals surface area contributed by atoms with Crippen LogP contribution < -0.4 is 11.1 Å². The lowest BCUT2D eigenvalue weighted by Crippen LogP contribution is -2.38. The molecule has 0 saturated carbocycles. The molecule has 1 unspecified atom stereocenters. The molecule has 24 heavy (non-hydrogen) atoms. The van der Waals surface area contributed by atoms with Crippen LogP contribution in [0.2, 0.25) is 0 Å². The van der Waals surface area contributed by atoms with Crippen LogP contribution in [0, 0.1) is 11.8 Å². The molecule has 2 aliphatic rings. The lowest BCUT2D eigenvalue weighted by molar-refractivity contribution is -0.123. The van der Waals surface area contributed by atoms with Crippen LogP contribution in [0.4, 0.5) is 5.69 Å². The highest BCUT2D eigenvalue weighted by atomic mass is 16.1. The Morgan fingerprint density at radius 3 is 2.75 bits per heavy atom. The number of benzene rings is 1. The number of nitrogens with zero attached hydrogens (tertiary/aromatic N) is 1. The average molecular weight is 327 g/mol. The van der Waals surface area contributed by atoms with Crippen LogP contribution in [0.15, 0.2) is 36.4 Å². The summed E-state index contributed by atoms with van der Waals surface area (Å²) >= 11 is 0. The lowest BCUT2D eigenvalue weighted by Gasteiger charge is -2.30. The van der Waals surface area contributed by atoms with Crippen LogP contribution in [0.5, 0.6) is 0 Å². The molecule has 0 radical (unpaired) electrons. The number of anilines is 1. The summed E-state index contributed by atoms with van der Waals surface area (Å²) in [5.74, 6) is 0.684. The number of piperidine rings is 1. The standard InChI is InChI=1S/C20H29N3O/c21-20(24)18-9-11-23(12-10-18)15-17-7-4-8-19(13-17)22-14-16-5-2-1-3-6-16/h1-2,4,7-8,13,16,18,22H,3,5-6,9-12,14-15H2,(H2,21,24). The first kappa shape index (κ1) is 17.0. The van der Waals surface area contributed by atoms with Gasteiger partial charge in [-0.1, -0.05) is 24.3 Å². The third kappa shape index (κ3) is 4.84. The predicted octanol–water partition coefficient (Wildman–Crippen LogP) is 3.15. The first-order chi connectivity index (χ1) is 11.7. The van der Waals surface area contributed by atoms with Crippen molar-refractivity contribution in [3.8, 4) is 0 Å². The number of nitrogens with one attached hydrogen (secondary N) is 1. The lowest BCUT2D eigenvalue weighted by atomic mass is 9.94. The van der Waals surface area contributed by atoms with Crippen molar-refractivity contribution in [3.05, 3.63) is 42.0 Å². The summed E-state index contributed by atoms with van der Waals surface area (Å²) in [6.45, 7) is 3.92. The summed E-state index contributed by atoms with van der Waals surface area (Å²) < 4.78 is 0. The number of nitrogens with two attached hydrogens (primary N) is 1. The van der Waals surface area contributed by atoms with E-state index < -0.39 is 0 Å². The number of carbonyl (C=O) groups is 1. The van der Waals surface area contributed by atoms with Gasteiger partial charge in [0.05, 0.1) is 0 Å². The maximum atomic E-state index is 11.3. The minimum Gasteiger partial charge on any atom is -0.385 e. The molecule has 4 nitrogen and oxygen atoms in total. The second kappa shape index (κ2) is 8.34. The Morgan fingerprint density at radius 2 is 2.04 bits per heavy atom. The highest BCUT2D eigenvalue weighted by molar-refractivity contribution is 5.76. The molecule has 1 aliphatic carbocycles. The number of amides is 1. The number of likely N-dealkylation sites (tertiary alicyclic amines) is 1. The summed E-state index contributed by atoms with van der Waals surface area (Å²) in [6.07, 6.45) is 10.1. The van der Waals surface area contributed by atoms with Gasteiger partial charge in [0.15, 0.2) is 0 Å². The maximum Gasteiger partial charge on any atom is 0.220 e. The van der Waals surface area contributed by atoms with Crippen molar-refractivity contribution in [2.75, 3.05) is 25.0 Å². The molecular formula is C20H29N3O. The van der Waals surface area contributed by atoms with E-state index in [4.69, 9.17) is 5.73 Å². The summed E-state index contributed by atoms with van der Waals surface area (Å²) in [5.41, 5.74) is 7.96. The molecule has 4 heteroatoms. The summed E-state index contributed by atoms with van der Waals surface area (Å²) in [7, 11) is 0. The molecular weight excluding hydrogens is 298 g/mol. The van der Waals surface area contributed by atoms with E-state index in [1.54, 1.807) is 0 Å². The molecule has 1 atom stereocenters. The number of hydrogen-bond acceptors (Lipinski definition) is 3. The molecule has 1 aromatic rings. The fourth-order valence-corrected chi connectivity index (χ4v) is 3.72. The van der Waals surface area contributed by atoms with E-state index in [2.05, 4.69) is 46.6 Å². The fourth-order valence-electron chi connectivity index (χ4n) is 3.72. The second-order valence-electron chi connectivity index (χ2n) is 7.18. The average Bonchev–Trinajstić information content (AvgIpc) is 2.62. The smallest absolute Gasteiger partial charge is 0.220 e. The molecule has 1 aromatic carbocycles.